The number of benzene rings is 1. The first-order chi connectivity index (χ1) is 9.79. The number of nitrogens with one attached hydrogen (secondary N) is 1. The van der Waals surface area contributed by atoms with E-state index in [9.17, 15) is 0 Å². The molecular weight excluding hydrogens is 264 g/mol. The average molecular weight is 292 g/mol. The van der Waals surface area contributed by atoms with Crippen LogP contribution in [0.25, 0.3) is 0 Å². The summed E-state index contributed by atoms with van der Waals surface area (Å²) in [6.07, 6.45) is 4.11. The van der Waals surface area contributed by atoms with Crippen molar-refractivity contribution in [2.45, 2.75) is 44.0 Å². The Balaban J connectivity index is 1.67. The summed E-state index contributed by atoms with van der Waals surface area (Å²) in [5, 5.41) is 3.45. The standard InChI is InChI=1S/C17H28N2S/c1-3-18-15(2)16-7-9-17(10-8-16)20-14-6-13-19-11-4-5-12-19/h7-10,15,18H,3-6,11-14H2,1-2H3. The average Bonchev–Trinajstić information content (AvgIpc) is 2.98. The summed E-state index contributed by atoms with van der Waals surface area (Å²) >= 11 is 1.99. The van der Waals surface area contributed by atoms with E-state index in [1.807, 2.05) is 11.8 Å². The molecule has 1 aliphatic heterocycles. The summed E-state index contributed by atoms with van der Waals surface area (Å²) in [6.45, 7) is 9.32. The minimum Gasteiger partial charge on any atom is -0.310 e. The molecule has 1 unspecified atom stereocenters. The molecule has 1 fully saturated rings. The van der Waals surface area contributed by atoms with Gasteiger partial charge in [-0.1, -0.05) is 19.1 Å². The van der Waals surface area contributed by atoms with Crippen LogP contribution in [0.2, 0.25) is 0 Å². The highest BCUT2D eigenvalue weighted by atomic mass is 32.2. The first-order valence-electron chi connectivity index (χ1n) is 7.98. The second-order valence-corrected chi connectivity index (χ2v) is 6.77. The second kappa shape index (κ2) is 8.71. The number of thioether (sulfide) groups is 1. The molecule has 2 rings (SSSR count). The van der Waals surface area contributed by atoms with Crippen molar-refractivity contribution in [2.24, 2.45) is 0 Å². The molecule has 3 heteroatoms. The van der Waals surface area contributed by atoms with E-state index < -0.39 is 0 Å². The van der Waals surface area contributed by atoms with Gasteiger partial charge in [0.25, 0.3) is 0 Å². The summed E-state index contributed by atoms with van der Waals surface area (Å²) in [7, 11) is 0. The van der Waals surface area contributed by atoms with E-state index in [-0.39, 0.29) is 0 Å². The zero-order valence-corrected chi connectivity index (χ0v) is 13.7. The van der Waals surface area contributed by atoms with Crippen molar-refractivity contribution in [3.8, 4) is 0 Å². The van der Waals surface area contributed by atoms with Gasteiger partial charge in [-0.25, -0.2) is 0 Å². The topological polar surface area (TPSA) is 15.3 Å². The number of hydrogen-bond donors (Lipinski definition) is 1. The van der Waals surface area contributed by atoms with Gasteiger partial charge >= 0.3 is 0 Å². The molecule has 1 aromatic carbocycles. The lowest BCUT2D eigenvalue weighted by Gasteiger charge is -2.14. The fraction of sp³-hybridized carbons (Fsp3) is 0.647. The first kappa shape index (κ1) is 15.9. The van der Waals surface area contributed by atoms with E-state index in [0.29, 0.717) is 6.04 Å². The molecular formula is C17H28N2S. The van der Waals surface area contributed by atoms with Gasteiger partial charge in [-0.2, -0.15) is 0 Å². The highest BCUT2D eigenvalue weighted by Crippen LogP contribution is 2.22. The van der Waals surface area contributed by atoms with Gasteiger partial charge in [0, 0.05) is 10.9 Å². The van der Waals surface area contributed by atoms with Gasteiger partial charge in [-0.15, -0.1) is 11.8 Å². The molecule has 1 atom stereocenters. The molecule has 0 saturated carbocycles. The van der Waals surface area contributed by atoms with Crippen LogP contribution < -0.4 is 5.32 Å². The highest BCUT2D eigenvalue weighted by molar-refractivity contribution is 7.99. The molecule has 1 N–H and O–H groups in total. The van der Waals surface area contributed by atoms with Crippen LogP contribution in [-0.4, -0.2) is 36.8 Å². The first-order valence-corrected chi connectivity index (χ1v) is 8.96. The summed E-state index contributed by atoms with van der Waals surface area (Å²) in [5.74, 6) is 1.23. The van der Waals surface area contributed by atoms with E-state index >= 15 is 0 Å². The molecule has 0 spiro atoms. The lowest BCUT2D eigenvalue weighted by atomic mass is 10.1. The van der Waals surface area contributed by atoms with Crippen LogP contribution in [0.5, 0.6) is 0 Å². The van der Waals surface area contributed by atoms with Crippen molar-refractivity contribution in [3.63, 3.8) is 0 Å². The van der Waals surface area contributed by atoms with Gasteiger partial charge in [0.2, 0.25) is 0 Å². The minimum atomic E-state index is 0.453. The Labute approximate surface area is 128 Å². The van der Waals surface area contributed by atoms with Crippen molar-refractivity contribution >= 4 is 11.8 Å². The van der Waals surface area contributed by atoms with E-state index in [4.69, 9.17) is 0 Å². The third kappa shape index (κ3) is 5.12. The maximum atomic E-state index is 3.45. The van der Waals surface area contributed by atoms with E-state index in [2.05, 4.69) is 48.3 Å². The quantitative estimate of drug-likeness (QED) is 0.577. The van der Waals surface area contributed by atoms with Crippen LogP contribution in [0, 0.1) is 0 Å². The van der Waals surface area contributed by atoms with E-state index in [1.165, 1.54) is 55.1 Å². The Morgan fingerprint density at radius 3 is 2.55 bits per heavy atom. The monoisotopic (exact) mass is 292 g/mol. The number of likely N-dealkylation sites (tertiary alicyclic amines) is 1. The molecule has 1 heterocycles. The van der Waals surface area contributed by atoms with Crippen molar-refractivity contribution in [1.29, 1.82) is 0 Å². The second-order valence-electron chi connectivity index (χ2n) is 5.60. The zero-order valence-electron chi connectivity index (χ0n) is 12.9. The van der Waals surface area contributed by atoms with Crippen LogP contribution >= 0.6 is 11.8 Å². The molecule has 0 bridgehead atoms. The molecule has 0 radical (unpaired) electrons. The molecule has 112 valence electrons. The molecule has 1 saturated heterocycles. The summed E-state index contributed by atoms with van der Waals surface area (Å²) in [6, 6.07) is 9.51. The van der Waals surface area contributed by atoms with Crippen molar-refractivity contribution in [1.82, 2.24) is 10.2 Å². The Bertz CT molecular complexity index is 371. The van der Waals surface area contributed by atoms with Gasteiger partial charge in [-0.3, -0.25) is 0 Å². The SMILES string of the molecule is CCNC(C)c1ccc(SCCCN2CCCC2)cc1. The molecule has 0 amide bonds. The number of hydrogen-bond acceptors (Lipinski definition) is 3. The fourth-order valence-electron chi connectivity index (χ4n) is 2.76. The van der Waals surface area contributed by atoms with Crippen LogP contribution in [0.4, 0.5) is 0 Å². The van der Waals surface area contributed by atoms with Crippen molar-refractivity contribution in [2.75, 3.05) is 31.9 Å². The third-order valence-electron chi connectivity index (χ3n) is 3.98. The van der Waals surface area contributed by atoms with Gasteiger partial charge < -0.3 is 10.2 Å². The van der Waals surface area contributed by atoms with Gasteiger partial charge in [0.1, 0.15) is 0 Å². The highest BCUT2D eigenvalue weighted by Gasteiger charge is 2.10. The Kier molecular flexibility index (Phi) is 6.91. The van der Waals surface area contributed by atoms with Crippen LogP contribution in [0.1, 0.15) is 44.7 Å². The molecule has 0 aliphatic carbocycles. The Hall–Kier alpha value is -0.510. The molecule has 1 aromatic rings. The smallest absolute Gasteiger partial charge is 0.0291 e. The largest absolute Gasteiger partial charge is 0.310 e. The summed E-state index contributed by atoms with van der Waals surface area (Å²) in [5.41, 5.74) is 1.38. The van der Waals surface area contributed by atoms with Crippen molar-refractivity contribution in [3.05, 3.63) is 29.8 Å². The fourth-order valence-corrected chi connectivity index (χ4v) is 3.60. The van der Waals surface area contributed by atoms with E-state index in [1.54, 1.807) is 0 Å². The maximum Gasteiger partial charge on any atom is 0.0291 e. The third-order valence-corrected chi connectivity index (χ3v) is 5.07. The molecule has 2 nitrogen and oxygen atoms in total. The Morgan fingerprint density at radius 1 is 1.20 bits per heavy atom. The van der Waals surface area contributed by atoms with Gasteiger partial charge in [-0.05, 0) is 75.8 Å². The number of rotatable bonds is 8. The normalized spacial score (nSPS) is 17.5. The minimum absolute atomic E-state index is 0.453. The van der Waals surface area contributed by atoms with Gasteiger partial charge in [0.05, 0.1) is 0 Å². The predicted octanol–water partition coefficient (Wildman–Crippen LogP) is 3.94. The Morgan fingerprint density at radius 2 is 1.90 bits per heavy atom. The molecule has 0 aromatic heterocycles. The van der Waals surface area contributed by atoms with Crippen LogP contribution in [-0.2, 0) is 0 Å². The summed E-state index contributed by atoms with van der Waals surface area (Å²) < 4.78 is 0. The van der Waals surface area contributed by atoms with E-state index in [0.717, 1.165) is 6.54 Å². The molecule has 1 aliphatic rings. The van der Waals surface area contributed by atoms with Crippen molar-refractivity contribution < 1.29 is 0 Å². The van der Waals surface area contributed by atoms with Crippen LogP contribution in [0.3, 0.4) is 0 Å². The lowest BCUT2D eigenvalue weighted by Crippen LogP contribution is -2.20. The lowest BCUT2D eigenvalue weighted by molar-refractivity contribution is 0.341. The van der Waals surface area contributed by atoms with Gasteiger partial charge in [0.15, 0.2) is 0 Å². The van der Waals surface area contributed by atoms with Crippen LogP contribution in [0.15, 0.2) is 29.2 Å². The molecule has 20 heavy (non-hydrogen) atoms. The zero-order chi connectivity index (χ0) is 14.2. The number of nitrogens with zero attached hydrogens (tertiary/aromatic N) is 1. The summed E-state index contributed by atoms with van der Waals surface area (Å²) in [4.78, 5) is 4.00. The maximum absolute atomic E-state index is 3.45. The predicted molar refractivity (Wildman–Crippen MR) is 89.5 cm³/mol.